The van der Waals surface area contributed by atoms with Crippen molar-refractivity contribution in [2.45, 2.75) is 52.4 Å². The largest absolute Gasteiger partial charge is 0.357 e. The van der Waals surface area contributed by atoms with Crippen molar-refractivity contribution < 1.29 is 9.59 Å². The molecular weight excluding hydrogens is 330 g/mol. The van der Waals surface area contributed by atoms with Gasteiger partial charge in [-0.2, -0.15) is 0 Å². The fraction of sp³-hybridized carbons (Fsp3) is 0.842. The minimum Gasteiger partial charge on any atom is -0.357 e. The second-order valence-electron chi connectivity index (χ2n) is 7.29. The first-order chi connectivity index (χ1) is 12.6. The summed E-state index contributed by atoms with van der Waals surface area (Å²) in [5, 5.41) is 6.32. The van der Waals surface area contributed by atoms with Crippen LogP contribution in [0.25, 0.3) is 0 Å². The van der Waals surface area contributed by atoms with Gasteiger partial charge < -0.3 is 20.4 Å². The van der Waals surface area contributed by atoms with Gasteiger partial charge in [-0.1, -0.05) is 19.3 Å². The quantitative estimate of drug-likeness (QED) is 0.421. The number of nitrogens with one attached hydrogen (secondary N) is 2. The van der Waals surface area contributed by atoms with Crippen LogP contribution in [0.3, 0.4) is 0 Å². The van der Waals surface area contributed by atoms with Crippen molar-refractivity contribution in [3.8, 4) is 0 Å². The predicted molar refractivity (Wildman–Crippen MR) is 104 cm³/mol. The summed E-state index contributed by atoms with van der Waals surface area (Å²) in [7, 11) is 0. The third-order valence-electron chi connectivity index (χ3n) is 5.25. The van der Waals surface area contributed by atoms with E-state index in [4.69, 9.17) is 0 Å². The minimum atomic E-state index is 0.132. The van der Waals surface area contributed by atoms with Gasteiger partial charge in [0.2, 0.25) is 11.8 Å². The molecule has 0 aromatic rings. The minimum absolute atomic E-state index is 0.132. The fourth-order valence-electron chi connectivity index (χ4n) is 3.74. The first kappa shape index (κ1) is 20.5. The van der Waals surface area contributed by atoms with Crippen molar-refractivity contribution in [3.05, 3.63) is 0 Å². The average Bonchev–Trinajstić information content (AvgIpc) is 2.65. The molecule has 1 aliphatic carbocycles. The van der Waals surface area contributed by atoms with E-state index in [0.29, 0.717) is 25.4 Å². The molecule has 2 amide bonds. The summed E-state index contributed by atoms with van der Waals surface area (Å²) >= 11 is 0. The van der Waals surface area contributed by atoms with Crippen LogP contribution in [-0.4, -0.2) is 73.4 Å². The Labute approximate surface area is 157 Å². The zero-order valence-electron chi connectivity index (χ0n) is 16.4. The SMILES string of the molecule is CCNC(=NCCNC(=O)CC1CCCCC1)N1CCN(C(C)=O)CC1. The molecule has 26 heavy (non-hydrogen) atoms. The molecule has 7 nitrogen and oxygen atoms in total. The van der Waals surface area contributed by atoms with E-state index in [1.54, 1.807) is 6.92 Å². The van der Waals surface area contributed by atoms with Crippen LogP contribution in [0.1, 0.15) is 52.4 Å². The van der Waals surface area contributed by atoms with Crippen LogP contribution in [0, 0.1) is 5.92 Å². The van der Waals surface area contributed by atoms with Crippen LogP contribution in [0.4, 0.5) is 0 Å². The molecule has 1 aliphatic heterocycles. The van der Waals surface area contributed by atoms with E-state index in [-0.39, 0.29) is 11.8 Å². The number of guanidine groups is 1. The summed E-state index contributed by atoms with van der Waals surface area (Å²) < 4.78 is 0. The van der Waals surface area contributed by atoms with Gasteiger partial charge in [-0.25, -0.2) is 0 Å². The molecular formula is C19H35N5O2. The molecule has 148 valence electrons. The topological polar surface area (TPSA) is 77.0 Å². The maximum atomic E-state index is 12.1. The summed E-state index contributed by atoms with van der Waals surface area (Å²) in [5.74, 6) is 1.74. The molecule has 2 aliphatic rings. The van der Waals surface area contributed by atoms with E-state index in [1.165, 1.54) is 32.1 Å². The second-order valence-corrected chi connectivity index (χ2v) is 7.29. The highest BCUT2D eigenvalue weighted by Crippen LogP contribution is 2.25. The molecule has 0 aromatic heterocycles. The van der Waals surface area contributed by atoms with E-state index in [1.807, 2.05) is 11.8 Å². The van der Waals surface area contributed by atoms with Gasteiger partial charge in [0.05, 0.1) is 6.54 Å². The molecule has 7 heteroatoms. The maximum Gasteiger partial charge on any atom is 0.220 e. The third-order valence-corrected chi connectivity index (χ3v) is 5.25. The Kier molecular flexibility index (Phi) is 8.71. The molecule has 0 unspecified atom stereocenters. The molecule has 1 saturated heterocycles. The number of nitrogens with zero attached hydrogens (tertiary/aromatic N) is 3. The number of hydrogen-bond acceptors (Lipinski definition) is 3. The molecule has 0 radical (unpaired) electrons. The van der Waals surface area contributed by atoms with Crippen LogP contribution >= 0.6 is 0 Å². The Morgan fingerprint density at radius 2 is 1.65 bits per heavy atom. The molecule has 1 saturated carbocycles. The second kappa shape index (κ2) is 11.0. The summed E-state index contributed by atoms with van der Waals surface area (Å²) in [6.07, 6.45) is 6.92. The highest BCUT2D eigenvalue weighted by molar-refractivity contribution is 5.81. The van der Waals surface area contributed by atoms with Crippen LogP contribution < -0.4 is 10.6 Å². The Hall–Kier alpha value is -1.79. The van der Waals surface area contributed by atoms with Crippen molar-refractivity contribution in [1.82, 2.24) is 20.4 Å². The van der Waals surface area contributed by atoms with Gasteiger partial charge in [0.25, 0.3) is 0 Å². The van der Waals surface area contributed by atoms with E-state index >= 15 is 0 Å². The predicted octanol–water partition coefficient (Wildman–Crippen LogP) is 1.20. The Morgan fingerprint density at radius 1 is 1.00 bits per heavy atom. The number of piperazine rings is 1. The monoisotopic (exact) mass is 365 g/mol. The van der Waals surface area contributed by atoms with Gasteiger partial charge in [-0.15, -0.1) is 0 Å². The van der Waals surface area contributed by atoms with E-state index in [9.17, 15) is 9.59 Å². The Morgan fingerprint density at radius 3 is 2.27 bits per heavy atom. The summed E-state index contributed by atoms with van der Waals surface area (Å²) in [6, 6.07) is 0. The third kappa shape index (κ3) is 6.84. The number of amides is 2. The molecule has 2 N–H and O–H groups in total. The highest BCUT2D eigenvalue weighted by atomic mass is 16.2. The number of rotatable bonds is 6. The summed E-state index contributed by atoms with van der Waals surface area (Å²) in [5.41, 5.74) is 0. The van der Waals surface area contributed by atoms with Crippen molar-refractivity contribution >= 4 is 17.8 Å². The number of carbonyl (C=O) groups excluding carboxylic acids is 2. The smallest absolute Gasteiger partial charge is 0.220 e. The van der Waals surface area contributed by atoms with Crippen LogP contribution in [-0.2, 0) is 9.59 Å². The maximum absolute atomic E-state index is 12.1. The van der Waals surface area contributed by atoms with Gasteiger partial charge in [0, 0.05) is 52.6 Å². The normalized spacial score (nSPS) is 19.4. The summed E-state index contributed by atoms with van der Waals surface area (Å²) in [4.78, 5) is 32.2. The first-order valence-electron chi connectivity index (χ1n) is 10.2. The van der Waals surface area contributed by atoms with Gasteiger partial charge in [-0.3, -0.25) is 14.6 Å². The molecule has 0 aromatic carbocycles. The molecule has 0 atom stereocenters. The van der Waals surface area contributed by atoms with Crippen molar-refractivity contribution in [3.63, 3.8) is 0 Å². The Bertz CT molecular complexity index is 480. The van der Waals surface area contributed by atoms with E-state index in [0.717, 1.165) is 38.7 Å². The fourth-order valence-corrected chi connectivity index (χ4v) is 3.74. The van der Waals surface area contributed by atoms with Gasteiger partial charge >= 0.3 is 0 Å². The zero-order valence-corrected chi connectivity index (χ0v) is 16.4. The highest BCUT2D eigenvalue weighted by Gasteiger charge is 2.21. The van der Waals surface area contributed by atoms with Gasteiger partial charge in [0.15, 0.2) is 5.96 Å². The summed E-state index contributed by atoms with van der Waals surface area (Å²) in [6.45, 7) is 8.67. The van der Waals surface area contributed by atoms with Gasteiger partial charge in [0.1, 0.15) is 0 Å². The van der Waals surface area contributed by atoms with E-state index < -0.39 is 0 Å². The Balaban J connectivity index is 1.71. The molecule has 1 heterocycles. The number of hydrogen-bond donors (Lipinski definition) is 2. The van der Waals surface area contributed by atoms with Crippen LogP contribution in [0.5, 0.6) is 0 Å². The van der Waals surface area contributed by atoms with Gasteiger partial charge in [-0.05, 0) is 25.7 Å². The van der Waals surface area contributed by atoms with E-state index in [2.05, 4.69) is 20.5 Å². The lowest BCUT2D eigenvalue weighted by Crippen LogP contribution is -2.53. The van der Waals surface area contributed by atoms with Crippen molar-refractivity contribution in [2.24, 2.45) is 10.9 Å². The zero-order chi connectivity index (χ0) is 18.8. The average molecular weight is 366 g/mol. The first-order valence-corrected chi connectivity index (χ1v) is 10.2. The lowest BCUT2D eigenvalue weighted by atomic mass is 9.87. The van der Waals surface area contributed by atoms with Crippen molar-refractivity contribution in [1.29, 1.82) is 0 Å². The van der Waals surface area contributed by atoms with Crippen LogP contribution in [0.2, 0.25) is 0 Å². The molecule has 0 bridgehead atoms. The standard InChI is InChI=1S/C19H35N5O2/c1-3-20-19(24-13-11-23(12-14-24)16(2)25)22-10-9-21-18(26)15-17-7-5-4-6-8-17/h17H,3-15H2,1-2H3,(H,20,22)(H,21,26). The number of carbonyl (C=O) groups is 2. The van der Waals surface area contributed by atoms with Crippen LogP contribution in [0.15, 0.2) is 4.99 Å². The molecule has 2 fully saturated rings. The molecule has 0 spiro atoms. The lowest BCUT2D eigenvalue weighted by Gasteiger charge is -2.36. The lowest BCUT2D eigenvalue weighted by molar-refractivity contribution is -0.130. The molecule has 2 rings (SSSR count). The van der Waals surface area contributed by atoms with Crippen molar-refractivity contribution in [2.75, 3.05) is 45.8 Å². The number of aliphatic imine (C=N–C) groups is 1.